The Morgan fingerprint density at radius 2 is 2.05 bits per heavy atom. The van der Waals surface area contributed by atoms with Crippen LogP contribution in [0.3, 0.4) is 0 Å². The minimum Gasteiger partial charge on any atom is -0.492 e. The van der Waals surface area contributed by atoms with E-state index in [2.05, 4.69) is 5.32 Å². The second-order valence-corrected chi connectivity index (χ2v) is 6.03. The van der Waals surface area contributed by atoms with Crippen molar-refractivity contribution < 1.29 is 9.13 Å². The number of halogens is 2. The van der Waals surface area contributed by atoms with Gasteiger partial charge in [0.1, 0.15) is 11.9 Å². The summed E-state index contributed by atoms with van der Waals surface area (Å²) in [5, 5.41) is 3.95. The summed E-state index contributed by atoms with van der Waals surface area (Å²) in [6.07, 6.45) is 1.60. The quantitative estimate of drug-likeness (QED) is 0.925. The molecule has 110 valence electrons. The van der Waals surface area contributed by atoms with Crippen molar-refractivity contribution in [1.29, 1.82) is 0 Å². The minimum atomic E-state index is -0.704. The third-order valence-corrected chi connectivity index (χ3v) is 4.35. The Labute approximate surface area is 124 Å². The first-order valence-corrected chi connectivity index (χ1v) is 7.62. The molecule has 0 unspecified atom stereocenters. The number of hydrogen-bond donors (Lipinski definition) is 1. The molecule has 3 nitrogen and oxygen atoms in total. The summed E-state index contributed by atoms with van der Waals surface area (Å²) in [4.78, 5) is 1.98. The zero-order valence-corrected chi connectivity index (χ0v) is 12.2. The molecular formula is C15H20ClFN2O. The molecule has 3 rings (SSSR count). The molecule has 0 bridgehead atoms. The van der Waals surface area contributed by atoms with Crippen LogP contribution in [0, 0.1) is 5.92 Å². The first-order chi connectivity index (χ1) is 9.72. The molecular weight excluding hydrogens is 279 g/mol. The Morgan fingerprint density at radius 1 is 1.30 bits per heavy atom. The van der Waals surface area contributed by atoms with Crippen LogP contribution >= 0.6 is 11.6 Å². The van der Waals surface area contributed by atoms with Crippen LogP contribution in [0.25, 0.3) is 0 Å². The second kappa shape index (κ2) is 6.19. The van der Waals surface area contributed by atoms with Crippen LogP contribution in [0.15, 0.2) is 18.2 Å². The predicted molar refractivity (Wildman–Crippen MR) is 79.6 cm³/mol. The van der Waals surface area contributed by atoms with Crippen molar-refractivity contribution in [1.82, 2.24) is 5.32 Å². The van der Waals surface area contributed by atoms with Crippen LogP contribution in [0.2, 0.25) is 5.02 Å². The lowest BCUT2D eigenvalue weighted by Crippen LogP contribution is -2.48. The van der Waals surface area contributed by atoms with Gasteiger partial charge in [0.25, 0.3) is 0 Å². The van der Waals surface area contributed by atoms with Crippen molar-refractivity contribution >= 4 is 17.3 Å². The molecule has 0 radical (unpaired) electrons. The van der Waals surface area contributed by atoms with Gasteiger partial charge < -0.3 is 15.0 Å². The van der Waals surface area contributed by atoms with E-state index in [9.17, 15) is 4.39 Å². The van der Waals surface area contributed by atoms with Crippen LogP contribution in [-0.2, 0) is 0 Å². The molecule has 2 aliphatic rings. The zero-order valence-electron chi connectivity index (χ0n) is 11.4. The fourth-order valence-electron chi connectivity index (χ4n) is 2.70. The van der Waals surface area contributed by atoms with Crippen molar-refractivity contribution in [3.05, 3.63) is 23.2 Å². The Hall–Kier alpha value is -1.00. The van der Waals surface area contributed by atoms with Gasteiger partial charge in [-0.05, 0) is 50.0 Å². The van der Waals surface area contributed by atoms with Crippen molar-refractivity contribution in [3.63, 3.8) is 0 Å². The van der Waals surface area contributed by atoms with Gasteiger partial charge in [-0.25, -0.2) is 4.39 Å². The van der Waals surface area contributed by atoms with Gasteiger partial charge in [-0.15, -0.1) is 0 Å². The molecule has 1 N–H and O–H groups in total. The van der Waals surface area contributed by atoms with Crippen LogP contribution in [-0.4, -0.2) is 39.0 Å². The molecule has 1 aromatic rings. The number of ether oxygens (including phenoxy) is 1. The highest BCUT2D eigenvalue weighted by Crippen LogP contribution is 2.32. The third-order valence-electron chi connectivity index (χ3n) is 4.05. The fraction of sp³-hybridized carbons (Fsp3) is 0.600. The summed E-state index contributed by atoms with van der Waals surface area (Å²) in [7, 11) is 0. The van der Waals surface area contributed by atoms with Crippen molar-refractivity contribution in [3.8, 4) is 5.75 Å². The number of rotatable bonds is 4. The van der Waals surface area contributed by atoms with Gasteiger partial charge in [-0.3, -0.25) is 0 Å². The van der Waals surface area contributed by atoms with E-state index >= 15 is 0 Å². The molecule has 0 aromatic heterocycles. The van der Waals surface area contributed by atoms with E-state index in [0.29, 0.717) is 24.0 Å². The Balaban J connectivity index is 1.56. The summed E-state index contributed by atoms with van der Waals surface area (Å²) >= 11 is 6.25. The highest BCUT2D eigenvalue weighted by molar-refractivity contribution is 6.32. The first kappa shape index (κ1) is 14.0. The summed E-state index contributed by atoms with van der Waals surface area (Å²) in [5.74, 6) is 1.33. The molecule has 5 heteroatoms. The van der Waals surface area contributed by atoms with E-state index < -0.39 is 6.17 Å². The summed E-state index contributed by atoms with van der Waals surface area (Å²) < 4.78 is 18.7. The smallest absolute Gasteiger partial charge is 0.138 e. The van der Waals surface area contributed by atoms with E-state index in [1.165, 1.54) is 0 Å². The average molecular weight is 299 g/mol. The van der Waals surface area contributed by atoms with Crippen LogP contribution in [0.5, 0.6) is 5.75 Å². The second-order valence-electron chi connectivity index (χ2n) is 5.62. The largest absolute Gasteiger partial charge is 0.492 e. The van der Waals surface area contributed by atoms with Gasteiger partial charge >= 0.3 is 0 Å². The van der Waals surface area contributed by atoms with Gasteiger partial charge in [0, 0.05) is 5.69 Å². The molecule has 2 heterocycles. The lowest BCUT2D eigenvalue weighted by atomic mass is 9.99. The standard InChI is InChI=1S/C15H20ClFN2O/c16-14-7-13(19-8-12(17)9-19)1-2-15(14)20-10-11-3-5-18-6-4-11/h1-2,7,11-12,18H,3-6,8-10H2. The SMILES string of the molecule is FC1CN(c2ccc(OCC3CCNCC3)c(Cl)c2)C1. The molecule has 0 amide bonds. The maximum Gasteiger partial charge on any atom is 0.138 e. The predicted octanol–water partition coefficient (Wildman–Crippen LogP) is 2.88. The topological polar surface area (TPSA) is 24.5 Å². The van der Waals surface area contributed by atoms with Crippen molar-refractivity contribution in [2.75, 3.05) is 37.7 Å². The maximum absolute atomic E-state index is 12.9. The number of piperidine rings is 1. The van der Waals surface area contributed by atoms with Gasteiger partial charge in [-0.1, -0.05) is 11.6 Å². The Morgan fingerprint density at radius 3 is 2.70 bits per heavy atom. The van der Waals surface area contributed by atoms with E-state index in [1.807, 2.05) is 23.1 Å². The lowest BCUT2D eigenvalue weighted by molar-refractivity contribution is 0.215. The normalized spacial score (nSPS) is 20.8. The molecule has 2 aliphatic heterocycles. The van der Waals surface area contributed by atoms with Crippen molar-refractivity contribution in [2.45, 2.75) is 19.0 Å². The summed E-state index contributed by atoms with van der Waals surface area (Å²) in [6.45, 7) is 3.79. The van der Waals surface area contributed by atoms with Crippen LogP contribution < -0.4 is 15.0 Å². The Kier molecular flexibility index (Phi) is 4.32. The minimum absolute atomic E-state index is 0.464. The summed E-state index contributed by atoms with van der Waals surface area (Å²) in [6, 6.07) is 5.71. The molecule has 0 aliphatic carbocycles. The lowest BCUT2D eigenvalue weighted by Gasteiger charge is -2.36. The number of anilines is 1. The van der Waals surface area contributed by atoms with E-state index in [1.54, 1.807) is 0 Å². The van der Waals surface area contributed by atoms with Crippen molar-refractivity contribution in [2.24, 2.45) is 5.92 Å². The number of alkyl halides is 1. The van der Waals surface area contributed by atoms with E-state index in [4.69, 9.17) is 16.3 Å². The highest BCUT2D eigenvalue weighted by Gasteiger charge is 2.26. The van der Waals surface area contributed by atoms with Crippen LogP contribution in [0.4, 0.5) is 10.1 Å². The molecule has 0 atom stereocenters. The number of benzene rings is 1. The van der Waals surface area contributed by atoms with E-state index in [0.717, 1.165) is 44.0 Å². The van der Waals surface area contributed by atoms with Gasteiger partial charge in [0.15, 0.2) is 0 Å². The number of nitrogens with one attached hydrogen (secondary N) is 1. The summed E-state index contributed by atoms with van der Waals surface area (Å²) in [5.41, 5.74) is 0.970. The zero-order chi connectivity index (χ0) is 13.9. The third kappa shape index (κ3) is 3.18. The molecule has 1 aromatic carbocycles. The highest BCUT2D eigenvalue weighted by atomic mass is 35.5. The monoisotopic (exact) mass is 298 g/mol. The fourth-order valence-corrected chi connectivity index (χ4v) is 2.92. The number of nitrogens with zero attached hydrogens (tertiary/aromatic N) is 1. The van der Waals surface area contributed by atoms with E-state index in [-0.39, 0.29) is 0 Å². The Bertz CT molecular complexity index is 459. The van der Waals surface area contributed by atoms with Gasteiger partial charge in [-0.2, -0.15) is 0 Å². The average Bonchev–Trinajstić information content (AvgIpc) is 2.44. The molecule has 0 spiro atoms. The molecule has 2 saturated heterocycles. The molecule has 20 heavy (non-hydrogen) atoms. The van der Waals surface area contributed by atoms with Gasteiger partial charge in [0.2, 0.25) is 0 Å². The number of hydrogen-bond acceptors (Lipinski definition) is 3. The van der Waals surface area contributed by atoms with Gasteiger partial charge in [0.05, 0.1) is 24.7 Å². The maximum atomic E-state index is 12.9. The first-order valence-electron chi connectivity index (χ1n) is 7.24. The molecule has 2 fully saturated rings. The van der Waals surface area contributed by atoms with Crippen LogP contribution in [0.1, 0.15) is 12.8 Å². The molecule has 0 saturated carbocycles.